The van der Waals surface area contributed by atoms with Crippen LogP contribution in [0.25, 0.3) is 0 Å². The van der Waals surface area contributed by atoms with E-state index in [1.54, 1.807) is 12.3 Å². The Morgan fingerprint density at radius 1 is 1.33 bits per heavy atom. The van der Waals surface area contributed by atoms with Gasteiger partial charge < -0.3 is 15.4 Å². The van der Waals surface area contributed by atoms with Crippen LogP contribution in [0.2, 0.25) is 5.02 Å². The van der Waals surface area contributed by atoms with E-state index < -0.39 is 5.82 Å². The summed E-state index contributed by atoms with van der Waals surface area (Å²) in [4.78, 5) is 16.4. The van der Waals surface area contributed by atoms with Gasteiger partial charge in [-0.1, -0.05) is 11.6 Å². The number of rotatable bonds is 5. The zero-order valence-corrected chi connectivity index (χ0v) is 13.6. The van der Waals surface area contributed by atoms with Crippen molar-refractivity contribution in [3.8, 4) is 0 Å². The van der Waals surface area contributed by atoms with Gasteiger partial charge in [0.2, 0.25) is 0 Å². The Balaban J connectivity index is 1.63. The van der Waals surface area contributed by atoms with Crippen molar-refractivity contribution >= 4 is 28.9 Å². The van der Waals surface area contributed by atoms with Gasteiger partial charge in [-0.05, 0) is 37.1 Å². The largest absolute Gasteiger partial charge is 0.381 e. The standard InChI is InChI=1S/C17H17ClFN3O2/c18-15-7-12(3-4-16(15)19)22-17(23)11-6-13(9-20-8-11)21-10-14-2-1-5-24-14/h3-4,6-9,14,21H,1-2,5,10H2,(H,22,23). The van der Waals surface area contributed by atoms with Gasteiger partial charge in [-0.2, -0.15) is 0 Å². The first-order valence-electron chi connectivity index (χ1n) is 7.69. The lowest BCUT2D eigenvalue weighted by Gasteiger charge is -2.12. The molecule has 0 spiro atoms. The predicted octanol–water partition coefficient (Wildman–Crippen LogP) is 3.72. The third-order valence-electron chi connectivity index (χ3n) is 3.74. The lowest BCUT2D eigenvalue weighted by molar-refractivity contribution is 0.102. The quantitative estimate of drug-likeness (QED) is 0.863. The molecule has 0 bridgehead atoms. The summed E-state index contributed by atoms with van der Waals surface area (Å²) >= 11 is 5.71. The number of hydrogen-bond donors (Lipinski definition) is 2. The summed E-state index contributed by atoms with van der Waals surface area (Å²) in [6.45, 7) is 1.48. The molecule has 24 heavy (non-hydrogen) atoms. The van der Waals surface area contributed by atoms with Crippen molar-refractivity contribution in [2.24, 2.45) is 0 Å². The number of benzene rings is 1. The molecular formula is C17H17ClFN3O2. The third-order valence-corrected chi connectivity index (χ3v) is 4.03. The number of aromatic nitrogens is 1. The first-order chi connectivity index (χ1) is 11.6. The number of carbonyl (C=O) groups is 1. The summed E-state index contributed by atoms with van der Waals surface area (Å²) in [5.41, 5.74) is 1.56. The number of hydrogen-bond acceptors (Lipinski definition) is 4. The second-order valence-corrected chi connectivity index (χ2v) is 5.97. The van der Waals surface area contributed by atoms with Crippen LogP contribution in [0.1, 0.15) is 23.2 Å². The van der Waals surface area contributed by atoms with Crippen molar-refractivity contribution < 1.29 is 13.9 Å². The molecule has 2 aromatic rings. The van der Waals surface area contributed by atoms with E-state index in [-0.39, 0.29) is 17.0 Å². The third kappa shape index (κ3) is 4.21. The van der Waals surface area contributed by atoms with Crippen LogP contribution in [0, 0.1) is 5.82 Å². The van der Waals surface area contributed by atoms with Gasteiger partial charge in [-0.15, -0.1) is 0 Å². The smallest absolute Gasteiger partial charge is 0.257 e. The molecule has 7 heteroatoms. The molecule has 1 aromatic carbocycles. The zero-order valence-electron chi connectivity index (χ0n) is 12.9. The lowest BCUT2D eigenvalue weighted by Crippen LogP contribution is -2.19. The lowest BCUT2D eigenvalue weighted by atomic mass is 10.2. The fourth-order valence-corrected chi connectivity index (χ4v) is 2.66. The van der Waals surface area contributed by atoms with Crippen LogP contribution in [0.3, 0.4) is 0 Å². The number of carbonyl (C=O) groups excluding carboxylic acids is 1. The monoisotopic (exact) mass is 349 g/mol. The summed E-state index contributed by atoms with van der Waals surface area (Å²) < 4.78 is 18.7. The number of amides is 1. The Morgan fingerprint density at radius 3 is 2.96 bits per heavy atom. The Kier molecular flexibility index (Phi) is 5.27. The van der Waals surface area contributed by atoms with Crippen molar-refractivity contribution in [3.05, 3.63) is 53.1 Å². The molecular weight excluding hydrogens is 333 g/mol. The van der Waals surface area contributed by atoms with E-state index in [2.05, 4.69) is 15.6 Å². The second kappa shape index (κ2) is 7.59. The molecule has 1 atom stereocenters. The van der Waals surface area contributed by atoms with Crippen LogP contribution < -0.4 is 10.6 Å². The van der Waals surface area contributed by atoms with Crippen LogP contribution in [-0.4, -0.2) is 30.1 Å². The maximum atomic E-state index is 13.2. The number of halogens is 2. The molecule has 0 aliphatic carbocycles. The van der Waals surface area contributed by atoms with Gasteiger partial charge in [0.1, 0.15) is 5.82 Å². The highest BCUT2D eigenvalue weighted by Crippen LogP contribution is 2.20. The molecule has 1 fully saturated rings. The fraction of sp³-hybridized carbons (Fsp3) is 0.294. The topological polar surface area (TPSA) is 63.2 Å². The molecule has 1 aliphatic heterocycles. The van der Waals surface area contributed by atoms with Gasteiger partial charge in [0.15, 0.2) is 0 Å². The number of ether oxygens (including phenoxy) is 1. The molecule has 126 valence electrons. The summed E-state index contributed by atoms with van der Waals surface area (Å²) in [7, 11) is 0. The van der Waals surface area contributed by atoms with E-state index in [4.69, 9.17) is 16.3 Å². The minimum atomic E-state index is -0.531. The minimum absolute atomic E-state index is 0.0436. The van der Waals surface area contributed by atoms with Crippen LogP contribution in [0.4, 0.5) is 15.8 Å². The normalized spacial score (nSPS) is 16.8. The van der Waals surface area contributed by atoms with Gasteiger partial charge in [0.25, 0.3) is 5.91 Å². The zero-order chi connectivity index (χ0) is 16.9. The highest BCUT2D eigenvalue weighted by Gasteiger charge is 2.15. The summed E-state index contributed by atoms with van der Waals surface area (Å²) in [6, 6.07) is 5.73. The summed E-state index contributed by atoms with van der Waals surface area (Å²) in [5, 5.41) is 5.85. The molecule has 5 nitrogen and oxygen atoms in total. The highest BCUT2D eigenvalue weighted by molar-refractivity contribution is 6.31. The molecule has 1 amide bonds. The van der Waals surface area contributed by atoms with Crippen molar-refractivity contribution in [2.45, 2.75) is 18.9 Å². The SMILES string of the molecule is O=C(Nc1ccc(F)c(Cl)c1)c1cncc(NCC2CCCO2)c1. The van der Waals surface area contributed by atoms with Crippen molar-refractivity contribution in [2.75, 3.05) is 23.8 Å². The number of nitrogens with one attached hydrogen (secondary N) is 2. The Labute approximate surface area is 144 Å². The van der Waals surface area contributed by atoms with Crippen LogP contribution in [-0.2, 0) is 4.74 Å². The van der Waals surface area contributed by atoms with Crippen molar-refractivity contribution in [1.29, 1.82) is 0 Å². The average Bonchev–Trinajstić information content (AvgIpc) is 3.10. The van der Waals surface area contributed by atoms with Crippen LogP contribution in [0.15, 0.2) is 36.7 Å². The van der Waals surface area contributed by atoms with Gasteiger partial charge >= 0.3 is 0 Å². The van der Waals surface area contributed by atoms with Crippen molar-refractivity contribution in [1.82, 2.24) is 4.98 Å². The van der Waals surface area contributed by atoms with Gasteiger partial charge in [-0.3, -0.25) is 9.78 Å². The van der Waals surface area contributed by atoms with E-state index in [1.807, 2.05) is 0 Å². The molecule has 0 saturated carbocycles. The second-order valence-electron chi connectivity index (χ2n) is 5.56. The van der Waals surface area contributed by atoms with E-state index in [1.165, 1.54) is 24.4 Å². The molecule has 1 saturated heterocycles. The van der Waals surface area contributed by atoms with Gasteiger partial charge in [0, 0.05) is 31.2 Å². The Morgan fingerprint density at radius 2 is 2.21 bits per heavy atom. The van der Waals surface area contributed by atoms with E-state index >= 15 is 0 Å². The molecule has 1 aliphatic rings. The van der Waals surface area contributed by atoms with Crippen molar-refractivity contribution in [3.63, 3.8) is 0 Å². The van der Waals surface area contributed by atoms with E-state index in [0.29, 0.717) is 17.8 Å². The van der Waals surface area contributed by atoms with E-state index in [9.17, 15) is 9.18 Å². The fourth-order valence-electron chi connectivity index (χ4n) is 2.47. The minimum Gasteiger partial charge on any atom is -0.381 e. The number of anilines is 2. The summed E-state index contributed by atoms with van der Waals surface area (Å²) in [5.74, 6) is -0.873. The molecule has 2 heterocycles. The molecule has 1 aromatic heterocycles. The average molecular weight is 350 g/mol. The van der Waals surface area contributed by atoms with Gasteiger partial charge in [-0.25, -0.2) is 4.39 Å². The predicted molar refractivity (Wildman–Crippen MR) is 91.1 cm³/mol. The Hall–Kier alpha value is -2.18. The number of pyridine rings is 1. The molecule has 1 unspecified atom stereocenters. The highest BCUT2D eigenvalue weighted by atomic mass is 35.5. The number of nitrogens with zero attached hydrogens (tertiary/aromatic N) is 1. The van der Waals surface area contributed by atoms with Crippen LogP contribution >= 0.6 is 11.6 Å². The first-order valence-corrected chi connectivity index (χ1v) is 8.06. The van der Waals surface area contributed by atoms with Crippen LogP contribution in [0.5, 0.6) is 0 Å². The maximum Gasteiger partial charge on any atom is 0.257 e. The molecule has 2 N–H and O–H groups in total. The Bertz CT molecular complexity index is 736. The molecule has 0 radical (unpaired) electrons. The van der Waals surface area contributed by atoms with E-state index in [0.717, 1.165) is 25.1 Å². The van der Waals surface area contributed by atoms with Gasteiger partial charge in [0.05, 0.1) is 22.4 Å². The first kappa shape index (κ1) is 16.7. The molecule has 3 rings (SSSR count). The maximum absolute atomic E-state index is 13.2. The summed E-state index contributed by atoms with van der Waals surface area (Å²) in [6.07, 6.45) is 5.43.